The number of hydrogen-bond acceptors (Lipinski definition) is 0. The normalized spacial score (nSPS) is 9.85. The summed E-state index contributed by atoms with van der Waals surface area (Å²) in [4.78, 5) is 0. The van der Waals surface area contributed by atoms with Crippen molar-refractivity contribution in [1.29, 1.82) is 0 Å². The van der Waals surface area contributed by atoms with E-state index in [1.54, 1.807) is 0 Å². The molecule has 0 saturated heterocycles. The first-order chi connectivity index (χ1) is 9.90. The first-order valence-electron chi connectivity index (χ1n) is 7.54. The first kappa shape index (κ1) is 14.4. The lowest BCUT2D eigenvalue weighted by Crippen LogP contribution is -1.79. The molecule has 102 valence electrons. The maximum Gasteiger partial charge on any atom is 0.0245 e. The van der Waals surface area contributed by atoms with E-state index in [1.165, 1.54) is 36.8 Å². The summed E-state index contributed by atoms with van der Waals surface area (Å²) in [6.07, 6.45) is 6.16. The minimum Gasteiger partial charge on any atom is -0.0979 e. The van der Waals surface area contributed by atoms with Gasteiger partial charge in [0.2, 0.25) is 0 Å². The molecule has 0 bridgehead atoms. The fourth-order valence-corrected chi connectivity index (χ4v) is 2.18. The molecule has 0 aliphatic rings. The van der Waals surface area contributed by atoms with Gasteiger partial charge in [0.15, 0.2) is 0 Å². The number of unbranched alkanes of at least 4 members (excludes halogenated alkanes) is 4. The van der Waals surface area contributed by atoms with E-state index in [0.717, 1.165) is 12.0 Å². The Balaban J connectivity index is 1.91. The lowest BCUT2D eigenvalue weighted by Gasteiger charge is -2.00. The highest BCUT2D eigenvalue weighted by atomic mass is 14.0. The smallest absolute Gasteiger partial charge is 0.0245 e. The molecule has 0 aliphatic carbocycles. The van der Waals surface area contributed by atoms with Crippen molar-refractivity contribution >= 4 is 0 Å². The third-order valence-corrected chi connectivity index (χ3v) is 3.38. The molecular weight excluding hydrogens is 240 g/mol. The molecular formula is C20H22. The summed E-state index contributed by atoms with van der Waals surface area (Å²) in [5.74, 6) is 6.52. The molecule has 0 nitrogen and oxygen atoms in total. The van der Waals surface area contributed by atoms with Gasteiger partial charge in [-0.3, -0.25) is 0 Å². The Morgan fingerprint density at radius 1 is 0.750 bits per heavy atom. The molecule has 0 atom stereocenters. The summed E-state index contributed by atoms with van der Waals surface area (Å²) < 4.78 is 0. The lowest BCUT2D eigenvalue weighted by atomic mass is 10.0. The number of benzene rings is 2. The maximum absolute atomic E-state index is 3.27. The van der Waals surface area contributed by atoms with E-state index in [2.05, 4.69) is 67.3 Å². The summed E-state index contributed by atoms with van der Waals surface area (Å²) in [5.41, 5.74) is 3.62. The molecule has 0 aromatic heterocycles. The van der Waals surface area contributed by atoms with Crippen molar-refractivity contribution < 1.29 is 0 Å². The van der Waals surface area contributed by atoms with Gasteiger partial charge in [-0.25, -0.2) is 0 Å². The third-order valence-electron chi connectivity index (χ3n) is 3.38. The van der Waals surface area contributed by atoms with Crippen LogP contribution in [-0.2, 0) is 0 Å². The van der Waals surface area contributed by atoms with Crippen LogP contribution in [0.1, 0.15) is 44.6 Å². The minimum atomic E-state index is 1.01. The van der Waals surface area contributed by atoms with Crippen LogP contribution in [0.3, 0.4) is 0 Å². The predicted molar refractivity (Wildman–Crippen MR) is 87.5 cm³/mol. The molecule has 0 amide bonds. The van der Waals surface area contributed by atoms with Crippen molar-refractivity contribution in [2.75, 3.05) is 0 Å². The highest BCUT2D eigenvalue weighted by Crippen LogP contribution is 2.18. The second-order valence-electron chi connectivity index (χ2n) is 5.06. The van der Waals surface area contributed by atoms with E-state index in [1.807, 2.05) is 6.07 Å². The second-order valence-corrected chi connectivity index (χ2v) is 5.06. The Morgan fingerprint density at radius 3 is 2.15 bits per heavy atom. The van der Waals surface area contributed by atoms with E-state index in [0.29, 0.717) is 0 Å². The second kappa shape index (κ2) is 8.23. The van der Waals surface area contributed by atoms with E-state index in [9.17, 15) is 0 Å². The molecule has 2 aromatic rings. The minimum absolute atomic E-state index is 1.01. The van der Waals surface area contributed by atoms with Crippen LogP contribution in [0.5, 0.6) is 0 Å². The van der Waals surface area contributed by atoms with Crippen LogP contribution >= 0.6 is 0 Å². The van der Waals surface area contributed by atoms with Gasteiger partial charge in [0.05, 0.1) is 0 Å². The Kier molecular flexibility index (Phi) is 5.93. The van der Waals surface area contributed by atoms with Gasteiger partial charge in [-0.2, -0.15) is 0 Å². The summed E-state index contributed by atoms with van der Waals surface area (Å²) in [7, 11) is 0. The summed E-state index contributed by atoms with van der Waals surface area (Å²) in [5, 5.41) is 0. The summed E-state index contributed by atoms with van der Waals surface area (Å²) in [6.45, 7) is 2.24. The zero-order valence-corrected chi connectivity index (χ0v) is 12.2. The zero-order chi connectivity index (χ0) is 14.0. The number of rotatable bonds is 5. The van der Waals surface area contributed by atoms with E-state index < -0.39 is 0 Å². The van der Waals surface area contributed by atoms with E-state index in [4.69, 9.17) is 0 Å². The highest BCUT2D eigenvalue weighted by molar-refractivity contribution is 5.64. The average molecular weight is 262 g/mol. The van der Waals surface area contributed by atoms with Gasteiger partial charge in [0, 0.05) is 12.0 Å². The topological polar surface area (TPSA) is 0 Å². The first-order valence-corrected chi connectivity index (χ1v) is 7.54. The molecule has 0 saturated carbocycles. The molecule has 0 heteroatoms. The van der Waals surface area contributed by atoms with Gasteiger partial charge in [0.25, 0.3) is 0 Å². The van der Waals surface area contributed by atoms with E-state index >= 15 is 0 Å². The lowest BCUT2D eigenvalue weighted by molar-refractivity contribution is 0.679. The van der Waals surface area contributed by atoms with Crippen LogP contribution in [-0.4, -0.2) is 0 Å². The van der Waals surface area contributed by atoms with Gasteiger partial charge >= 0.3 is 0 Å². The molecule has 2 rings (SSSR count). The van der Waals surface area contributed by atoms with Crippen LogP contribution in [0.4, 0.5) is 0 Å². The maximum atomic E-state index is 3.27. The zero-order valence-electron chi connectivity index (χ0n) is 12.2. The van der Waals surface area contributed by atoms with Crippen LogP contribution < -0.4 is 0 Å². The highest BCUT2D eigenvalue weighted by Gasteiger charge is 1.95. The third kappa shape index (κ3) is 4.59. The van der Waals surface area contributed by atoms with Crippen molar-refractivity contribution in [3.63, 3.8) is 0 Å². The Hall–Kier alpha value is -2.00. The molecule has 2 aromatic carbocycles. The van der Waals surface area contributed by atoms with Gasteiger partial charge in [-0.1, -0.05) is 80.5 Å². The Labute approximate surface area is 122 Å². The van der Waals surface area contributed by atoms with Crippen LogP contribution in [0.25, 0.3) is 11.1 Å². The fourth-order valence-electron chi connectivity index (χ4n) is 2.18. The molecule has 0 spiro atoms. The molecule has 0 unspecified atom stereocenters. The molecule has 20 heavy (non-hydrogen) atoms. The Morgan fingerprint density at radius 2 is 1.45 bits per heavy atom. The molecule has 0 heterocycles. The standard InChI is InChI=1S/C20H22/c1-2-3-4-5-6-8-11-18-14-16-20(17-15-18)19-12-9-7-10-13-19/h7,9-10,12-17H,2-6H2,1H3. The average Bonchev–Trinajstić information content (AvgIpc) is 2.52. The largest absolute Gasteiger partial charge is 0.0979 e. The fraction of sp³-hybridized carbons (Fsp3) is 0.300. The molecule has 0 fully saturated rings. The summed E-state index contributed by atoms with van der Waals surface area (Å²) in [6, 6.07) is 19.0. The van der Waals surface area contributed by atoms with Gasteiger partial charge < -0.3 is 0 Å². The molecule has 0 aliphatic heterocycles. The Bertz CT molecular complexity index is 552. The van der Waals surface area contributed by atoms with Crippen LogP contribution in [0, 0.1) is 11.8 Å². The van der Waals surface area contributed by atoms with Crippen LogP contribution in [0.2, 0.25) is 0 Å². The van der Waals surface area contributed by atoms with Crippen molar-refractivity contribution in [2.45, 2.75) is 39.0 Å². The van der Waals surface area contributed by atoms with Crippen molar-refractivity contribution in [3.05, 3.63) is 60.2 Å². The van der Waals surface area contributed by atoms with Gasteiger partial charge in [-0.05, 0) is 29.7 Å². The molecule has 0 radical (unpaired) electrons. The number of hydrogen-bond donors (Lipinski definition) is 0. The predicted octanol–water partition coefficient (Wildman–Crippen LogP) is 5.68. The van der Waals surface area contributed by atoms with Gasteiger partial charge in [-0.15, -0.1) is 0 Å². The monoisotopic (exact) mass is 262 g/mol. The molecule has 0 N–H and O–H groups in total. The van der Waals surface area contributed by atoms with Crippen molar-refractivity contribution in [3.8, 4) is 23.0 Å². The quantitative estimate of drug-likeness (QED) is 0.480. The summed E-state index contributed by atoms with van der Waals surface area (Å²) >= 11 is 0. The van der Waals surface area contributed by atoms with Crippen molar-refractivity contribution in [2.24, 2.45) is 0 Å². The SMILES string of the molecule is CCCCCCC#Cc1ccc(-c2ccccc2)cc1. The van der Waals surface area contributed by atoms with Crippen molar-refractivity contribution in [1.82, 2.24) is 0 Å². The van der Waals surface area contributed by atoms with E-state index in [-0.39, 0.29) is 0 Å². The van der Waals surface area contributed by atoms with Gasteiger partial charge in [0.1, 0.15) is 0 Å². The van der Waals surface area contributed by atoms with Crippen LogP contribution in [0.15, 0.2) is 54.6 Å².